The summed E-state index contributed by atoms with van der Waals surface area (Å²) < 4.78 is 6.24. The van der Waals surface area contributed by atoms with Gasteiger partial charge in [0.15, 0.2) is 5.11 Å². The van der Waals surface area contributed by atoms with Crippen molar-refractivity contribution in [1.29, 1.82) is 0 Å². The van der Waals surface area contributed by atoms with Gasteiger partial charge in [0.1, 0.15) is 5.75 Å². The van der Waals surface area contributed by atoms with E-state index in [-0.39, 0.29) is 17.1 Å². The van der Waals surface area contributed by atoms with Gasteiger partial charge in [-0.2, -0.15) is 0 Å². The Labute approximate surface area is 114 Å². The SMILES string of the molecule is CC(C)Oc1ccc(C(=O)NC(N)=S)cc1Br. The third kappa shape index (κ3) is 4.32. The van der Waals surface area contributed by atoms with E-state index in [2.05, 4.69) is 33.5 Å². The molecule has 0 spiro atoms. The summed E-state index contributed by atoms with van der Waals surface area (Å²) in [5.41, 5.74) is 5.69. The van der Waals surface area contributed by atoms with Gasteiger partial charge in [0.2, 0.25) is 0 Å². The highest BCUT2D eigenvalue weighted by Crippen LogP contribution is 2.26. The number of rotatable bonds is 3. The Kier molecular flexibility index (Phi) is 4.89. The normalized spacial score (nSPS) is 10.1. The maximum Gasteiger partial charge on any atom is 0.257 e. The van der Waals surface area contributed by atoms with Gasteiger partial charge in [0.05, 0.1) is 10.6 Å². The van der Waals surface area contributed by atoms with Crippen LogP contribution in [0.4, 0.5) is 0 Å². The van der Waals surface area contributed by atoms with Gasteiger partial charge < -0.3 is 10.5 Å². The Morgan fingerprint density at radius 2 is 2.18 bits per heavy atom. The van der Waals surface area contributed by atoms with Crippen molar-refractivity contribution in [2.45, 2.75) is 20.0 Å². The topological polar surface area (TPSA) is 64.3 Å². The lowest BCUT2D eigenvalue weighted by atomic mass is 10.2. The molecule has 0 saturated heterocycles. The second-order valence-electron chi connectivity index (χ2n) is 3.63. The van der Waals surface area contributed by atoms with Gasteiger partial charge in [0, 0.05) is 5.56 Å². The summed E-state index contributed by atoms with van der Waals surface area (Å²) in [5.74, 6) is 0.348. The summed E-state index contributed by atoms with van der Waals surface area (Å²) >= 11 is 7.94. The summed E-state index contributed by atoms with van der Waals surface area (Å²) in [6, 6.07) is 5.03. The summed E-state index contributed by atoms with van der Waals surface area (Å²) in [4.78, 5) is 11.6. The molecule has 4 nitrogen and oxygen atoms in total. The zero-order valence-corrected chi connectivity index (χ0v) is 11.9. The highest BCUT2D eigenvalue weighted by molar-refractivity contribution is 9.10. The van der Waals surface area contributed by atoms with E-state index in [1.54, 1.807) is 18.2 Å². The number of nitrogens with one attached hydrogen (secondary N) is 1. The number of hydrogen-bond acceptors (Lipinski definition) is 3. The lowest BCUT2D eigenvalue weighted by molar-refractivity contribution is 0.0977. The first kappa shape index (κ1) is 13.9. The van der Waals surface area contributed by atoms with E-state index in [1.807, 2.05) is 13.8 Å². The molecular formula is C11H13BrN2O2S. The second kappa shape index (κ2) is 5.97. The summed E-state index contributed by atoms with van der Waals surface area (Å²) in [6.45, 7) is 3.86. The Hall–Kier alpha value is -1.14. The average molecular weight is 317 g/mol. The Morgan fingerprint density at radius 1 is 1.53 bits per heavy atom. The zero-order valence-electron chi connectivity index (χ0n) is 9.49. The van der Waals surface area contributed by atoms with E-state index in [1.165, 1.54) is 0 Å². The molecule has 0 aliphatic rings. The highest BCUT2D eigenvalue weighted by Gasteiger charge is 2.10. The molecule has 0 heterocycles. The van der Waals surface area contributed by atoms with Crippen LogP contribution in [-0.4, -0.2) is 17.1 Å². The molecule has 0 fully saturated rings. The Bertz CT molecular complexity index is 449. The lowest BCUT2D eigenvalue weighted by Gasteiger charge is -2.12. The van der Waals surface area contributed by atoms with Gasteiger partial charge in [-0.3, -0.25) is 10.1 Å². The number of amides is 1. The molecule has 6 heteroatoms. The van der Waals surface area contributed by atoms with Crippen LogP contribution in [0.5, 0.6) is 5.75 Å². The zero-order chi connectivity index (χ0) is 13.0. The molecule has 1 amide bonds. The quantitative estimate of drug-likeness (QED) is 0.839. The molecule has 0 atom stereocenters. The number of carbonyl (C=O) groups is 1. The van der Waals surface area contributed by atoms with Crippen molar-refractivity contribution in [3.8, 4) is 5.75 Å². The van der Waals surface area contributed by atoms with Gasteiger partial charge in [-0.05, 0) is 60.2 Å². The van der Waals surface area contributed by atoms with Crippen LogP contribution < -0.4 is 15.8 Å². The van der Waals surface area contributed by atoms with Crippen molar-refractivity contribution in [1.82, 2.24) is 5.32 Å². The lowest BCUT2D eigenvalue weighted by Crippen LogP contribution is -2.34. The first-order chi connectivity index (χ1) is 7.90. The van der Waals surface area contributed by atoms with E-state index in [4.69, 9.17) is 10.5 Å². The second-order valence-corrected chi connectivity index (χ2v) is 4.92. The number of thiocarbonyl (C=S) groups is 1. The third-order valence-corrected chi connectivity index (χ3v) is 2.52. The van der Waals surface area contributed by atoms with Crippen molar-refractivity contribution < 1.29 is 9.53 Å². The molecule has 0 saturated carbocycles. The van der Waals surface area contributed by atoms with Crippen LogP contribution >= 0.6 is 28.1 Å². The molecule has 0 aliphatic heterocycles. The average Bonchev–Trinajstić information content (AvgIpc) is 2.19. The monoisotopic (exact) mass is 316 g/mol. The fourth-order valence-electron chi connectivity index (χ4n) is 1.18. The minimum atomic E-state index is -0.339. The van der Waals surface area contributed by atoms with Crippen molar-refractivity contribution in [2.75, 3.05) is 0 Å². The van der Waals surface area contributed by atoms with Crippen LogP contribution in [0.15, 0.2) is 22.7 Å². The van der Waals surface area contributed by atoms with Crippen LogP contribution in [-0.2, 0) is 0 Å². The Morgan fingerprint density at radius 3 is 2.65 bits per heavy atom. The smallest absolute Gasteiger partial charge is 0.257 e. The number of carbonyl (C=O) groups excluding carboxylic acids is 1. The van der Waals surface area contributed by atoms with E-state index >= 15 is 0 Å². The molecule has 3 N–H and O–H groups in total. The molecule has 1 aromatic carbocycles. The number of nitrogens with two attached hydrogens (primary N) is 1. The molecule has 1 rings (SSSR count). The maximum atomic E-state index is 11.6. The third-order valence-electron chi connectivity index (χ3n) is 1.79. The Balaban J connectivity index is 2.88. The maximum absolute atomic E-state index is 11.6. The van der Waals surface area contributed by atoms with Crippen LogP contribution in [0.3, 0.4) is 0 Å². The number of halogens is 1. The van der Waals surface area contributed by atoms with E-state index in [9.17, 15) is 4.79 Å². The molecule has 17 heavy (non-hydrogen) atoms. The molecule has 92 valence electrons. The largest absolute Gasteiger partial charge is 0.490 e. The number of hydrogen-bond donors (Lipinski definition) is 2. The van der Waals surface area contributed by atoms with Crippen molar-refractivity contribution >= 4 is 39.2 Å². The van der Waals surface area contributed by atoms with E-state index in [0.29, 0.717) is 15.8 Å². The predicted octanol–water partition coefficient (Wildman–Crippen LogP) is 2.21. The van der Waals surface area contributed by atoms with Crippen LogP contribution in [0, 0.1) is 0 Å². The fraction of sp³-hybridized carbons (Fsp3) is 0.273. The molecule has 0 bridgehead atoms. The van der Waals surface area contributed by atoms with E-state index in [0.717, 1.165) is 0 Å². The number of ether oxygens (including phenoxy) is 1. The van der Waals surface area contributed by atoms with Gasteiger partial charge in [-0.25, -0.2) is 0 Å². The van der Waals surface area contributed by atoms with Gasteiger partial charge in [-0.15, -0.1) is 0 Å². The standard InChI is InChI=1S/C11H13BrN2O2S/c1-6(2)16-9-4-3-7(5-8(9)12)10(15)14-11(13)17/h3-6H,1-2H3,(H3,13,14,15,17). The molecule has 1 aromatic rings. The minimum Gasteiger partial charge on any atom is -0.490 e. The molecule has 0 aromatic heterocycles. The van der Waals surface area contributed by atoms with Crippen LogP contribution in [0.1, 0.15) is 24.2 Å². The van der Waals surface area contributed by atoms with Gasteiger partial charge in [-0.1, -0.05) is 0 Å². The first-order valence-electron chi connectivity index (χ1n) is 4.97. The molecular weight excluding hydrogens is 304 g/mol. The van der Waals surface area contributed by atoms with Gasteiger partial charge in [0.25, 0.3) is 5.91 Å². The summed E-state index contributed by atoms with van der Waals surface area (Å²) in [6.07, 6.45) is 0.0718. The highest BCUT2D eigenvalue weighted by atomic mass is 79.9. The minimum absolute atomic E-state index is 0.0476. The molecule has 0 aliphatic carbocycles. The fourth-order valence-corrected chi connectivity index (χ4v) is 1.74. The van der Waals surface area contributed by atoms with Crippen molar-refractivity contribution in [3.05, 3.63) is 28.2 Å². The summed E-state index contributed by atoms with van der Waals surface area (Å²) in [5, 5.41) is 2.31. The first-order valence-corrected chi connectivity index (χ1v) is 6.17. The molecule has 0 radical (unpaired) electrons. The van der Waals surface area contributed by atoms with Crippen molar-refractivity contribution in [2.24, 2.45) is 5.73 Å². The van der Waals surface area contributed by atoms with Gasteiger partial charge >= 0.3 is 0 Å². The van der Waals surface area contributed by atoms with Crippen molar-refractivity contribution in [3.63, 3.8) is 0 Å². The molecule has 0 unspecified atom stereocenters. The van der Waals surface area contributed by atoms with Crippen LogP contribution in [0.2, 0.25) is 0 Å². The predicted molar refractivity (Wildman–Crippen MR) is 74.2 cm³/mol. The van der Waals surface area contributed by atoms with Crippen LogP contribution in [0.25, 0.3) is 0 Å². The summed E-state index contributed by atoms with van der Waals surface area (Å²) in [7, 11) is 0. The van der Waals surface area contributed by atoms with E-state index < -0.39 is 0 Å². The number of benzene rings is 1.